The van der Waals surface area contributed by atoms with Crippen LogP contribution in [0.4, 0.5) is 13.2 Å². The summed E-state index contributed by atoms with van der Waals surface area (Å²) in [6.45, 7) is 0.688. The van der Waals surface area contributed by atoms with Crippen molar-refractivity contribution < 1.29 is 13.2 Å². The van der Waals surface area contributed by atoms with Crippen LogP contribution in [0.15, 0.2) is 18.3 Å². The number of aryl methyl sites for hydroxylation is 1. The molecule has 0 saturated heterocycles. The maximum absolute atomic E-state index is 12.6. The molecule has 0 bridgehead atoms. The van der Waals surface area contributed by atoms with Gasteiger partial charge in [0.1, 0.15) is 11.5 Å². The first-order chi connectivity index (χ1) is 9.45. The van der Waals surface area contributed by atoms with Crippen molar-refractivity contribution in [1.82, 2.24) is 19.7 Å². The lowest BCUT2D eigenvalue weighted by Gasteiger charge is -2.17. The average molecular weight is 320 g/mol. The number of halogens is 4. The lowest BCUT2D eigenvalue weighted by Crippen LogP contribution is -2.22. The first kappa shape index (κ1) is 15.7. The Morgan fingerprint density at radius 1 is 1.33 bits per heavy atom. The molecule has 0 fully saturated rings. The van der Waals surface area contributed by atoms with Crippen LogP contribution in [0.1, 0.15) is 30.4 Å². The number of nitrogens with zero attached hydrogens (tertiary/aromatic N) is 4. The second kappa shape index (κ2) is 5.61. The van der Waals surface area contributed by atoms with Crippen molar-refractivity contribution in [2.45, 2.75) is 31.6 Å². The minimum absolute atomic E-state index is 0. The average Bonchev–Trinajstić information content (AvgIpc) is 2.83. The predicted molar refractivity (Wildman–Crippen MR) is 71.7 cm³/mol. The van der Waals surface area contributed by atoms with E-state index in [2.05, 4.69) is 15.1 Å². The number of nitrogens with two attached hydrogens (primary N) is 1. The van der Waals surface area contributed by atoms with Gasteiger partial charge in [0.25, 0.3) is 0 Å². The van der Waals surface area contributed by atoms with Gasteiger partial charge >= 0.3 is 6.18 Å². The van der Waals surface area contributed by atoms with Gasteiger partial charge in [-0.1, -0.05) is 0 Å². The molecule has 0 spiro atoms. The van der Waals surface area contributed by atoms with Gasteiger partial charge in [0.2, 0.25) is 0 Å². The Balaban J connectivity index is 0.00000161. The molecule has 2 aromatic rings. The van der Waals surface area contributed by atoms with Crippen LogP contribution in [-0.2, 0) is 12.7 Å². The lowest BCUT2D eigenvalue weighted by molar-refractivity contribution is -0.141. The Labute approximate surface area is 124 Å². The highest BCUT2D eigenvalue weighted by Crippen LogP contribution is 2.30. The SMILES string of the molecule is Cl.NC1CCCn2nc(-c3ccnc(C(F)(F)F)c3)nc21. The first-order valence-electron chi connectivity index (χ1n) is 6.19. The lowest BCUT2D eigenvalue weighted by atomic mass is 10.1. The highest BCUT2D eigenvalue weighted by molar-refractivity contribution is 5.85. The Morgan fingerprint density at radius 3 is 2.76 bits per heavy atom. The van der Waals surface area contributed by atoms with Crippen molar-refractivity contribution >= 4 is 12.4 Å². The third kappa shape index (κ3) is 3.01. The van der Waals surface area contributed by atoms with E-state index in [1.807, 2.05) is 0 Å². The van der Waals surface area contributed by atoms with Crippen LogP contribution in [0.5, 0.6) is 0 Å². The van der Waals surface area contributed by atoms with Crippen molar-refractivity contribution in [3.05, 3.63) is 29.8 Å². The summed E-state index contributed by atoms with van der Waals surface area (Å²) in [4.78, 5) is 7.58. The van der Waals surface area contributed by atoms with Crippen LogP contribution >= 0.6 is 12.4 Å². The first-order valence-corrected chi connectivity index (χ1v) is 6.19. The molecule has 0 aromatic carbocycles. The smallest absolute Gasteiger partial charge is 0.321 e. The van der Waals surface area contributed by atoms with Gasteiger partial charge in [-0.3, -0.25) is 4.98 Å². The fourth-order valence-electron chi connectivity index (χ4n) is 2.23. The van der Waals surface area contributed by atoms with E-state index in [0.29, 0.717) is 17.9 Å². The molecule has 0 saturated carbocycles. The quantitative estimate of drug-likeness (QED) is 0.877. The summed E-state index contributed by atoms with van der Waals surface area (Å²) in [6.07, 6.45) is -1.67. The molecule has 0 amide bonds. The van der Waals surface area contributed by atoms with Crippen molar-refractivity contribution in [1.29, 1.82) is 0 Å². The topological polar surface area (TPSA) is 69.6 Å². The Bertz CT molecular complexity index is 640. The van der Waals surface area contributed by atoms with Gasteiger partial charge in [0.05, 0.1) is 6.04 Å². The van der Waals surface area contributed by atoms with E-state index in [4.69, 9.17) is 5.73 Å². The van der Waals surface area contributed by atoms with Crippen molar-refractivity contribution in [3.63, 3.8) is 0 Å². The Hall–Kier alpha value is -1.67. The molecule has 3 heterocycles. The van der Waals surface area contributed by atoms with E-state index >= 15 is 0 Å². The molecule has 1 unspecified atom stereocenters. The van der Waals surface area contributed by atoms with E-state index in [1.54, 1.807) is 4.68 Å². The van der Waals surface area contributed by atoms with Gasteiger partial charge in [-0.05, 0) is 25.0 Å². The van der Waals surface area contributed by atoms with Gasteiger partial charge < -0.3 is 5.73 Å². The summed E-state index contributed by atoms with van der Waals surface area (Å²) < 4.78 is 39.6. The molecule has 3 rings (SSSR count). The van der Waals surface area contributed by atoms with Crippen LogP contribution in [-0.4, -0.2) is 19.7 Å². The zero-order chi connectivity index (χ0) is 14.3. The second-order valence-electron chi connectivity index (χ2n) is 4.69. The monoisotopic (exact) mass is 319 g/mol. The van der Waals surface area contributed by atoms with Crippen LogP contribution in [0, 0.1) is 0 Å². The third-order valence-corrected chi connectivity index (χ3v) is 3.23. The highest BCUT2D eigenvalue weighted by atomic mass is 35.5. The molecule has 9 heteroatoms. The fourth-order valence-corrected chi connectivity index (χ4v) is 2.23. The van der Waals surface area contributed by atoms with Gasteiger partial charge in [-0.25, -0.2) is 9.67 Å². The Morgan fingerprint density at radius 2 is 2.10 bits per heavy atom. The number of rotatable bonds is 1. The van der Waals surface area contributed by atoms with Crippen LogP contribution in [0.25, 0.3) is 11.4 Å². The molecule has 1 aliphatic rings. The van der Waals surface area contributed by atoms with Crippen LogP contribution in [0.3, 0.4) is 0 Å². The van der Waals surface area contributed by atoms with E-state index in [9.17, 15) is 13.2 Å². The molecule has 0 radical (unpaired) electrons. The van der Waals surface area contributed by atoms with Gasteiger partial charge in [0.15, 0.2) is 5.82 Å². The zero-order valence-corrected chi connectivity index (χ0v) is 11.7. The minimum atomic E-state index is -4.48. The number of fused-ring (bicyclic) bond motifs is 1. The summed E-state index contributed by atoms with van der Waals surface area (Å²) in [6, 6.07) is 2.20. The Kier molecular flexibility index (Phi) is 4.20. The van der Waals surface area contributed by atoms with Gasteiger partial charge in [-0.15, -0.1) is 12.4 Å². The number of hydrogen-bond donors (Lipinski definition) is 1. The standard InChI is InChI=1S/C12H12F3N5.ClH/c13-12(14,15)9-6-7(3-4-17-9)10-18-11-8(16)2-1-5-20(11)19-10;/h3-4,6,8H,1-2,5,16H2;1H. The largest absolute Gasteiger partial charge is 0.433 e. The summed E-state index contributed by atoms with van der Waals surface area (Å²) in [5.74, 6) is 0.877. The number of hydrogen-bond acceptors (Lipinski definition) is 4. The molecule has 2 N–H and O–H groups in total. The van der Waals surface area contributed by atoms with Crippen LogP contribution < -0.4 is 5.73 Å². The summed E-state index contributed by atoms with van der Waals surface area (Å²) in [5.41, 5.74) is 5.26. The second-order valence-corrected chi connectivity index (χ2v) is 4.69. The molecular formula is C12H13ClF3N5. The molecule has 5 nitrogen and oxygen atoms in total. The molecule has 1 atom stereocenters. The zero-order valence-electron chi connectivity index (χ0n) is 10.8. The van der Waals surface area contributed by atoms with E-state index in [-0.39, 0.29) is 24.3 Å². The molecule has 0 aliphatic carbocycles. The summed E-state index contributed by atoms with van der Waals surface area (Å²) >= 11 is 0. The summed E-state index contributed by atoms with van der Waals surface area (Å²) in [7, 11) is 0. The van der Waals surface area contributed by atoms with Gasteiger partial charge in [-0.2, -0.15) is 18.3 Å². The maximum Gasteiger partial charge on any atom is 0.433 e. The summed E-state index contributed by atoms with van der Waals surface area (Å²) in [5, 5.41) is 4.23. The van der Waals surface area contributed by atoms with Crippen molar-refractivity contribution in [2.75, 3.05) is 0 Å². The molecule has 114 valence electrons. The normalized spacial score (nSPS) is 18.0. The van der Waals surface area contributed by atoms with Crippen molar-refractivity contribution in [2.24, 2.45) is 5.73 Å². The number of alkyl halides is 3. The van der Waals surface area contributed by atoms with E-state index < -0.39 is 11.9 Å². The molecular weight excluding hydrogens is 307 g/mol. The molecule has 1 aliphatic heterocycles. The van der Waals surface area contributed by atoms with Crippen molar-refractivity contribution in [3.8, 4) is 11.4 Å². The third-order valence-electron chi connectivity index (χ3n) is 3.23. The molecule has 2 aromatic heterocycles. The number of aromatic nitrogens is 4. The highest BCUT2D eigenvalue weighted by Gasteiger charge is 2.33. The fraction of sp³-hybridized carbons (Fsp3) is 0.417. The van der Waals surface area contributed by atoms with E-state index in [1.165, 1.54) is 6.07 Å². The minimum Gasteiger partial charge on any atom is -0.321 e. The van der Waals surface area contributed by atoms with Crippen LogP contribution in [0.2, 0.25) is 0 Å². The molecule has 21 heavy (non-hydrogen) atoms. The van der Waals surface area contributed by atoms with E-state index in [0.717, 1.165) is 25.1 Å². The predicted octanol–water partition coefficient (Wildman–Crippen LogP) is 2.57. The maximum atomic E-state index is 12.6. The van der Waals surface area contributed by atoms with Gasteiger partial charge in [0, 0.05) is 18.3 Å². The number of pyridine rings is 1.